The summed E-state index contributed by atoms with van der Waals surface area (Å²) < 4.78 is 20.4. The molecule has 4 heterocycles. The third kappa shape index (κ3) is 4.18. The van der Waals surface area contributed by atoms with Gasteiger partial charge in [0.25, 0.3) is 0 Å². The quantitative estimate of drug-likeness (QED) is 0.605. The summed E-state index contributed by atoms with van der Waals surface area (Å²) in [7, 11) is 0. The molecule has 2 aliphatic rings. The molecule has 0 radical (unpaired) electrons. The molecule has 2 aliphatic heterocycles. The molecule has 158 valence electrons. The van der Waals surface area contributed by atoms with Crippen LogP contribution in [-0.2, 0) is 19.0 Å². The zero-order valence-corrected chi connectivity index (χ0v) is 17.2. The van der Waals surface area contributed by atoms with Gasteiger partial charge in [0, 0.05) is 12.2 Å². The van der Waals surface area contributed by atoms with Crippen LogP contribution in [0.1, 0.15) is 39.3 Å². The van der Waals surface area contributed by atoms with Crippen molar-refractivity contribution in [2.45, 2.75) is 63.4 Å². The zero-order valence-electron chi connectivity index (χ0n) is 16.4. The van der Waals surface area contributed by atoms with Crippen LogP contribution in [0.25, 0.3) is 11.2 Å². The smallest absolute Gasteiger partial charge is 0.303 e. The minimum Gasteiger partial charge on any atom is -0.481 e. The molecule has 2 fully saturated rings. The van der Waals surface area contributed by atoms with Gasteiger partial charge in [-0.05, 0) is 32.4 Å². The van der Waals surface area contributed by atoms with Gasteiger partial charge in [0.1, 0.15) is 24.1 Å². The molecule has 4 atom stereocenters. The average molecular weight is 423 g/mol. The number of carboxylic acid groups (broad SMARTS) is 1. The molecule has 2 saturated heterocycles. The first-order valence-electron chi connectivity index (χ1n) is 9.59. The van der Waals surface area contributed by atoms with Gasteiger partial charge in [-0.3, -0.25) is 9.36 Å². The number of imidazole rings is 1. The first-order chi connectivity index (χ1) is 13.9. The van der Waals surface area contributed by atoms with Crippen molar-refractivity contribution >= 4 is 34.7 Å². The molecular formula is C18H25N5O5S. The largest absolute Gasteiger partial charge is 0.481 e. The number of nitrogens with two attached hydrogens (primary N) is 1. The Kier molecular flexibility index (Phi) is 5.65. The maximum Gasteiger partial charge on any atom is 0.303 e. The summed E-state index contributed by atoms with van der Waals surface area (Å²) in [6, 6.07) is 0. The highest BCUT2D eigenvalue weighted by atomic mass is 32.2. The summed E-state index contributed by atoms with van der Waals surface area (Å²) in [5.41, 5.74) is 7.03. The van der Waals surface area contributed by atoms with Crippen LogP contribution < -0.4 is 5.73 Å². The van der Waals surface area contributed by atoms with Gasteiger partial charge in [0.05, 0.1) is 12.4 Å². The van der Waals surface area contributed by atoms with Gasteiger partial charge in [-0.1, -0.05) is 0 Å². The number of thioether (sulfide) groups is 1. The van der Waals surface area contributed by atoms with E-state index in [1.54, 1.807) is 18.1 Å². The monoisotopic (exact) mass is 423 g/mol. The Balaban J connectivity index is 1.46. The Morgan fingerprint density at radius 2 is 2.07 bits per heavy atom. The Labute approximate surface area is 172 Å². The van der Waals surface area contributed by atoms with Crippen molar-refractivity contribution in [1.82, 2.24) is 19.5 Å². The lowest BCUT2D eigenvalue weighted by atomic mass is 10.1. The molecule has 2 aromatic heterocycles. The van der Waals surface area contributed by atoms with E-state index in [1.165, 1.54) is 6.33 Å². The highest BCUT2D eigenvalue weighted by molar-refractivity contribution is 7.99. The lowest BCUT2D eigenvalue weighted by molar-refractivity contribution is -0.193. The normalized spacial score (nSPS) is 28.1. The number of rotatable bonds is 8. The van der Waals surface area contributed by atoms with E-state index in [2.05, 4.69) is 15.0 Å². The number of nitrogen functional groups attached to an aromatic ring is 1. The molecule has 29 heavy (non-hydrogen) atoms. The summed E-state index contributed by atoms with van der Waals surface area (Å²) in [4.78, 5) is 23.2. The molecule has 0 aliphatic carbocycles. The van der Waals surface area contributed by atoms with Crippen molar-refractivity contribution in [3.63, 3.8) is 0 Å². The fourth-order valence-electron chi connectivity index (χ4n) is 3.75. The SMILES string of the molecule is CC1(C)OC2C(CSCCCCC(=O)O)OC(n3cnc4c(N)ncnc43)C2O1. The number of aromatic nitrogens is 4. The molecule has 0 saturated carbocycles. The van der Waals surface area contributed by atoms with Gasteiger partial charge >= 0.3 is 5.97 Å². The highest BCUT2D eigenvalue weighted by Gasteiger charge is 2.55. The number of anilines is 1. The number of hydrogen-bond acceptors (Lipinski definition) is 9. The van der Waals surface area contributed by atoms with Crippen molar-refractivity contribution in [1.29, 1.82) is 0 Å². The fourth-order valence-corrected chi connectivity index (χ4v) is 4.83. The second-order valence-electron chi connectivity index (χ2n) is 7.64. The summed E-state index contributed by atoms with van der Waals surface area (Å²) in [5, 5.41) is 8.72. The molecule has 4 rings (SSSR count). The van der Waals surface area contributed by atoms with E-state index in [0.717, 1.165) is 17.9 Å². The van der Waals surface area contributed by atoms with Gasteiger partial charge in [0.2, 0.25) is 0 Å². The molecule has 2 aromatic rings. The van der Waals surface area contributed by atoms with E-state index >= 15 is 0 Å². The predicted octanol–water partition coefficient (Wildman–Crippen LogP) is 1.81. The van der Waals surface area contributed by atoms with Crippen LogP contribution in [0.15, 0.2) is 12.7 Å². The lowest BCUT2D eigenvalue weighted by Crippen LogP contribution is -2.31. The van der Waals surface area contributed by atoms with Gasteiger partial charge in [0.15, 0.2) is 23.5 Å². The van der Waals surface area contributed by atoms with E-state index in [4.69, 9.17) is 25.1 Å². The van der Waals surface area contributed by atoms with Gasteiger partial charge in [-0.15, -0.1) is 0 Å². The van der Waals surface area contributed by atoms with E-state index < -0.39 is 18.0 Å². The lowest BCUT2D eigenvalue weighted by Gasteiger charge is -2.24. The summed E-state index contributed by atoms with van der Waals surface area (Å²) in [5.74, 6) is 0.466. The molecule has 10 nitrogen and oxygen atoms in total. The molecular weight excluding hydrogens is 398 g/mol. The van der Waals surface area contributed by atoms with E-state index in [-0.39, 0.29) is 24.7 Å². The number of ether oxygens (including phenoxy) is 3. The van der Waals surface area contributed by atoms with Crippen LogP contribution in [0, 0.1) is 0 Å². The number of carboxylic acids is 1. The zero-order chi connectivity index (χ0) is 20.6. The molecule has 0 bridgehead atoms. The molecule has 4 unspecified atom stereocenters. The molecule has 0 spiro atoms. The van der Waals surface area contributed by atoms with Crippen LogP contribution in [0.3, 0.4) is 0 Å². The first kappa shape index (κ1) is 20.3. The number of aliphatic carboxylic acids is 1. The van der Waals surface area contributed by atoms with Crippen molar-refractivity contribution in [2.75, 3.05) is 17.2 Å². The number of nitrogens with zero attached hydrogens (tertiary/aromatic N) is 4. The van der Waals surface area contributed by atoms with Crippen LogP contribution >= 0.6 is 11.8 Å². The number of fused-ring (bicyclic) bond motifs is 2. The van der Waals surface area contributed by atoms with Crippen LogP contribution in [0.2, 0.25) is 0 Å². The topological polar surface area (TPSA) is 135 Å². The standard InChI is InChI=1S/C18H25N5O5S/c1-18(2)27-13-10(7-29-6-4-3-5-11(24)25)26-17(14(13)28-18)23-9-22-12-15(19)20-8-21-16(12)23/h8-10,13-14,17H,3-7H2,1-2H3,(H,24,25)(H2,19,20,21). The Bertz CT molecular complexity index is 891. The van der Waals surface area contributed by atoms with Crippen LogP contribution in [0.5, 0.6) is 0 Å². The number of hydrogen-bond donors (Lipinski definition) is 2. The average Bonchev–Trinajstić information content (AvgIpc) is 3.30. The Morgan fingerprint density at radius 3 is 2.86 bits per heavy atom. The van der Waals surface area contributed by atoms with E-state index in [9.17, 15) is 4.79 Å². The van der Waals surface area contributed by atoms with Gasteiger partial charge in [-0.2, -0.15) is 11.8 Å². The maximum absolute atomic E-state index is 10.6. The fraction of sp³-hybridized carbons (Fsp3) is 0.667. The second kappa shape index (κ2) is 8.05. The van der Waals surface area contributed by atoms with E-state index in [1.807, 2.05) is 18.4 Å². The molecule has 11 heteroatoms. The Hall–Kier alpha value is -1.95. The summed E-state index contributed by atoms with van der Waals surface area (Å²) in [6.45, 7) is 3.79. The first-order valence-corrected chi connectivity index (χ1v) is 10.7. The number of carbonyl (C=O) groups is 1. The van der Waals surface area contributed by atoms with Crippen molar-refractivity contribution < 1.29 is 24.1 Å². The van der Waals surface area contributed by atoms with Gasteiger partial charge < -0.3 is 25.1 Å². The maximum atomic E-state index is 10.6. The van der Waals surface area contributed by atoms with E-state index in [0.29, 0.717) is 23.4 Å². The van der Waals surface area contributed by atoms with Crippen molar-refractivity contribution in [2.24, 2.45) is 0 Å². The second-order valence-corrected chi connectivity index (χ2v) is 8.79. The summed E-state index contributed by atoms with van der Waals surface area (Å²) in [6.07, 6.45) is 3.69. The molecule has 0 amide bonds. The van der Waals surface area contributed by atoms with Crippen molar-refractivity contribution in [3.05, 3.63) is 12.7 Å². The third-order valence-corrected chi connectivity index (χ3v) is 6.14. The third-order valence-electron chi connectivity index (χ3n) is 5.00. The van der Waals surface area contributed by atoms with Gasteiger partial charge in [-0.25, -0.2) is 15.0 Å². The Morgan fingerprint density at radius 1 is 1.28 bits per heavy atom. The van der Waals surface area contributed by atoms with Crippen LogP contribution in [-0.4, -0.2) is 66.2 Å². The van der Waals surface area contributed by atoms with Crippen molar-refractivity contribution in [3.8, 4) is 0 Å². The molecule has 3 N–H and O–H groups in total. The predicted molar refractivity (Wildman–Crippen MR) is 106 cm³/mol. The minimum atomic E-state index is -0.754. The number of unbranched alkanes of at least 4 members (excludes halogenated alkanes) is 1. The highest BCUT2D eigenvalue weighted by Crippen LogP contribution is 2.44. The summed E-state index contributed by atoms with van der Waals surface area (Å²) >= 11 is 1.73. The minimum absolute atomic E-state index is 0.159. The molecule has 0 aromatic carbocycles. The van der Waals surface area contributed by atoms with Crippen LogP contribution in [0.4, 0.5) is 5.82 Å².